The van der Waals surface area contributed by atoms with Crippen LogP contribution in [0.2, 0.25) is 0 Å². The SMILES string of the molecule is Cc1ccc(N=Cc2cccc([N+](=O)[O-])c2)cc1I. The van der Waals surface area contributed by atoms with E-state index in [2.05, 4.69) is 27.6 Å². The highest BCUT2D eigenvalue weighted by atomic mass is 127. The van der Waals surface area contributed by atoms with Gasteiger partial charge in [-0.25, -0.2) is 0 Å². The Kier molecular flexibility index (Phi) is 4.26. The molecule has 0 heterocycles. The number of rotatable bonds is 3. The predicted molar refractivity (Wildman–Crippen MR) is 84.2 cm³/mol. The Labute approximate surface area is 124 Å². The molecule has 0 aliphatic rings. The summed E-state index contributed by atoms with van der Waals surface area (Å²) in [6, 6.07) is 12.3. The molecule has 0 N–H and O–H groups in total. The lowest BCUT2D eigenvalue weighted by Gasteiger charge is -1.99. The number of nitro groups is 1. The van der Waals surface area contributed by atoms with Crippen molar-refractivity contribution in [2.45, 2.75) is 6.92 Å². The summed E-state index contributed by atoms with van der Waals surface area (Å²) in [6.07, 6.45) is 1.63. The van der Waals surface area contributed by atoms with Crippen LogP contribution in [0.1, 0.15) is 11.1 Å². The monoisotopic (exact) mass is 366 g/mol. The summed E-state index contributed by atoms with van der Waals surface area (Å²) in [5, 5.41) is 10.7. The highest BCUT2D eigenvalue weighted by Crippen LogP contribution is 2.20. The van der Waals surface area contributed by atoms with Crippen molar-refractivity contribution in [2.75, 3.05) is 0 Å². The largest absolute Gasteiger partial charge is 0.270 e. The van der Waals surface area contributed by atoms with Gasteiger partial charge in [-0.15, -0.1) is 0 Å². The molecule has 0 aliphatic carbocycles. The molecule has 2 aromatic carbocycles. The molecule has 0 spiro atoms. The van der Waals surface area contributed by atoms with E-state index in [0.29, 0.717) is 5.56 Å². The van der Waals surface area contributed by atoms with Crippen LogP contribution in [0.25, 0.3) is 0 Å². The van der Waals surface area contributed by atoms with E-state index in [4.69, 9.17) is 0 Å². The predicted octanol–water partition coefficient (Wildman–Crippen LogP) is 4.26. The van der Waals surface area contributed by atoms with Crippen molar-refractivity contribution in [1.29, 1.82) is 0 Å². The third-order valence-electron chi connectivity index (χ3n) is 2.60. The smallest absolute Gasteiger partial charge is 0.258 e. The number of aryl methyl sites for hydroxylation is 1. The summed E-state index contributed by atoms with van der Waals surface area (Å²) in [7, 11) is 0. The van der Waals surface area contributed by atoms with E-state index in [-0.39, 0.29) is 5.69 Å². The van der Waals surface area contributed by atoms with Gasteiger partial charge in [-0.1, -0.05) is 18.2 Å². The van der Waals surface area contributed by atoms with Crippen LogP contribution in [-0.4, -0.2) is 11.1 Å². The topological polar surface area (TPSA) is 55.5 Å². The van der Waals surface area contributed by atoms with Crippen molar-refractivity contribution in [3.63, 3.8) is 0 Å². The maximum Gasteiger partial charge on any atom is 0.270 e. The summed E-state index contributed by atoms with van der Waals surface area (Å²) in [5.74, 6) is 0. The highest BCUT2D eigenvalue weighted by Gasteiger charge is 2.04. The first-order valence-corrected chi connectivity index (χ1v) is 6.69. The van der Waals surface area contributed by atoms with Crippen LogP contribution in [-0.2, 0) is 0 Å². The second-order valence-corrected chi connectivity index (χ2v) is 5.21. The molecule has 0 bridgehead atoms. The third kappa shape index (κ3) is 3.60. The Balaban J connectivity index is 2.24. The fraction of sp³-hybridized carbons (Fsp3) is 0.0714. The first kappa shape index (κ1) is 13.7. The summed E-state index contributed by atoms with van der Waals surface area (Å²) in [6.45, 7) is 2.04. The van der Waals surface area contributed by atoms with Crippen LogP contribution >= 0.6 is 22.6 Å². The van der Waals surface area contributed by atoms with Crippen molar-refractivity contribution in [3.05, 3.63) is 67.3 Å². The highest BCUT2D eigenvalue weighted by molar-refractivity contribution is 14.1. The first-order valence-electron chi connectivity index (χ1n) is 5.61. The van der Waals surface area contributed by atoms with Gasteiger partial charge in [-0.2, -0.15) is 0 Å². The zero-order valence-electron chi connectivity index (χ0n) is 10.2. The molecule has 5 heteroatoms. The van der Waals surface area contributed by atoms with E-state index in [1.165, 1.54) is 17.7 Å². The van der Waals surface area contributed by atoms with E-state index in [9.17, 15) is 10.1 Å². The van der Waals surface area contributed by atoms with E-state index in [1.54, 1.807) is 18.3 Å². The van der Waals surface area contributed by atoms with Crippen molar-refractivity contribution in [1.82, 2.24) is 0 Å². The molecule has 0 radical (unpaired) electrons. The number of non-ortho nitro benzene ring substituents is 1. The Hall–Kier alpha value is -1.76. The van der Waals surface area contributed by atoms with Gasteiger partial charge in [0.2, 0.25) is 0 Å². The molecular formula is C14H11IN2O2. The normalized spacial score (nSPS) is 10.8. The first-order chi connectivity index (χ1) is 9.06. The number of nitrogens with zero attached hydrogens (tertiary/aromatic N) is 2. The maximum absolute atomic E-state index is 10.7. The van der Waals surface area contributed by atoms with Gasteiger partial charge in [0, 0.05) is 21.9 Å². The molecule has 96 valence electrons. The van der Waals surface area contributed by atoms with Crippen molar-refractivity contribution in [2.24, 2.45) is 4.99 Å². The standard InChI is InChI=1S/C14H11IN2O2/c1-10-5-6-12(8-14(10)15)16-9-11-3-2-4-13(7-11)17(18)19/h2-9H,1H3. The van der Waals surface area contributed by atoms with Crippen molar-refractivity contribution >= 4 is 40.2 Å². The summed E-state index contributed by atoms with van der Waals surface area (Å²) < 4.78 is 1.14. The van der Waals surface area contributed by atoms with Crippen LogP contribution in [0.15, 0.2) is 47.5 Å². The molecule has 0 atom stereocenters. The lowest BCUT2D eigenvalue weighted by atomic mass is 10.2. The Morgan fingerprint density at radius 3 is 2.74 bits per heavy atom. The average Bonchev–Trinajstić information content (AvgIpc) is 2.40. The minimum Gasteiger partial charge on any atom is -0.258 e. The van der Waals surface area contributed by atoms with Gasteiger partial charge in [0.05, 0.1) is 10.6 Å². The number of halogens is 1. The number of benzene rings is 2. The van der Waals surface area contributed by atoms with E-state index < -0.39 is 4.92 Å². The molecular weight excluding hydrogens is 355 g/mol. The van der Waals surface area contributed by atoms with Gasteiger partial charge in [0.1, 0.15) is 0 Å². The van der Waals surface area contributed by atoms with Gasteiger partial charge in [0.25, 0.3) is 5.69 Å². The van der Waals surface area contributed by atoms with Gasteiger partial charge in [-0.3, -0.25) is 15.1 Å². The van der Waals surface area contributed by atoms with Gasteiger partial charge >= 0.3 is 0 Å². The van der Waals surface area contributed by atoms with Gasteiger partial charge in [-0.05, 0) is 52.8 Å². The van der Waals surface area contributed by atoms with Crippen LogP contribution in [0.4, 0.5) is 11.4 Å². The van der Waals surface area contributed by atoms with Crippen LogP contribution in [0.3, 0.4) is 0 Å². The molecule has 0 amide bonds. The van der Waals surface area contributed by atoms with Crippen molar-refractivity contribution < 1.29 is 4.92 Å². The van der Waals surface area contributed by atoms with Crippen LogP contribution in [0.5, 0.6) is 0 Å². The average molecular weight is 366 g/mol. The number of hydrogen-bond donors (Lipinski definition) is 0. The Morgan fingerprint density at radius 2 is 2.05 bits per heavy atom. The third-order valence-corrected chi connectivity index (χ3v) is 3.76. The number of aliphatic imine (C=N–C) groups is 1. The lowest BCUT2D eigenvalue weighted by molar-refractivity contribution is -0.384. The van der Waals surface area contributed by atoms with Crippen molar-refractivity contribution in [3.8, 4) is 0 Å². The molecule has 0 fully saturated rings. The Morgan fingerprint density at radius 1 is 1.26 bits per heavy atom. The molecule has 2 rings (SSSR count). The molecule has 4 nitrogen and oxygen atoms in total. The minimum absolute atomic E-state index is 0.0717. The number of hydrogen-bond acceptors (Lipinski definition) is 3. The van der Waals surface area contributed by atoms with Gasteiger partial charge < -0.3 is 0 Å². The second kappa shape index (κ2) is 5.92. The van der Waals surface area contributed by atoms with Crippen LogP contribution in [0, 0.1) is 20.6 Å². The molecule has 0 aromatic heterocycles. The quantitative estimate of drug-likeness (QED) is 0.353. The summed E-state index contributed by atoms with van der Waals surface area (Å²) in [5.41, 5.74) is 2.82. The molecule has 0 unspecified atom stereocenters. The summed E-state index contributed by atoms with van der Waals surface area (Å²) in [4.78, 5) is 14.6. The second-order valence-electron chi connectivity index (χ2n) is 4.04. The zero-order valence-corrected chi connectivity index (χ0v) is 12.4. The summed E-state index contributed by atoms with van der Waals surface area (Å²) >= 11 is 2.26. The van der Waals surface area contributed by atoms with E-state index in [1.807, 2.05) is 25.1 Å². The fourth-order valence-electron chi connectivity index (χ4n) is 1.53. The molecule has 0 saturated heterocycles. The van der Waals surface area contributed by atoms with Gasteiger partial charge in [0.15, 0.2) is 0 Å². The van der Waals surface area contributed by atoms with E-state index >= 15 is 0 Å². The molecule has 0 saturated carbocycles. The fourth-order valence-corrected chi connectivity index (χ4v) is 2.03. The minimum atomic E-state index is -0.411. The van der Waals surface area contributed by atoms with E-state index in [0.717, 1.165) is 9.26 Å². The lowest BCUT2D eigenvalue weighted by Crippen LogP contribution is -1.89. The molecule has 0 aliphatic heterocycles. The van der Waals surface area contributed by atoms with Crippen LogP contribution < -0.4 is 0 Å². The maximum atomic E-state index is 10.7. The molecule has 19 heavy (non-hydrogen) atoms. The Bertz CT molecular complexity index is 654. The molecule has 2 aromatic rings. The zero-order chi connectivity index (χ0) is 13.8. The number of nitro benzene ring substituents is 1.